The second kappa shape index (κ2) is 7.98. The molecule has 1 amide bonds. The van der Waals surface area contributed by atoms with Crippen LogP contribution in [0.25, 0.3) is 0 Å². The Labute approximate surface area is 175 Å². The lowest BCUT2D eigenvalue weighted by Crippen LogP contribution is -2.36. The van der Waals surface area contributed by atoms with Crippen molar-refractivity contribution in [3.63, 3.8) is 0 Å². The van der Waals surface area contributed by atoms with Crippen molar-refractivity contribution < 1.29 is 18.0 Å². The second-order valence-electron chi connectivity index (χ2n) is 7.61. The maximum absolute atomic E-state index is 13.1. The van der Waals surface area contributed by atoms with Crippen molar-refractivity contribution in [2.45, 2.75) is 42.1 Å². The smallest absolute Gasteiger partial charge is 0.364 e. The number of aromatic nitrogens is 2. The van der Waals surface area contributed by atoms with Crippen molar-refractivity contribution in [3.05, 3.63) is 51.9 Å². The molecule has 0 bridgehead atoms. The van der Waals surface area contributed by atoms with Gasteiger partial charge in [-0.25, -0.2) is 4.98 Å². The number of benzene rings is 1. The standard InChI is InChI=1S/C20H21F3N4O2S/c21-20(22,23)30-14-7-5-13(6-8-14)17(12-3-4-12)27-16(28)11-15(18(24)29)25-19(27)26-9-1-2-10-26/h5-8,11-12,17H,1-4,9-10H2,(H2,24,29)/t17-/m1/s1. The van der Waals surface area contributed by atoms with Gasteiger partial charge in [0.25, 0.3) is 11.5 Å². The summed E-state index contributed by atoms with van der Waals surface area (Å²) in [6, 6.07) is 6.92. The molecule has 1 aromatic heterocycles. The third-order valence-electron chi connectivity index (χ3n) is 5.38. The zero-order chi connectivity index (χ0) is 21.5. The van der Waals surface area contributed by atoms with Crippen LogP contribution in [0.4, 0.5) is 19.1 Å². The number of hydrogen-bond donors (Lipinski definition) is 1. The fraction of sp³-hybridized carbons (Fsp3) is 0.450. The Kier molecular flexibility index (Phi) is 5.52. The number of thioether (sulfide) groups is 1. The van der Waals surface area contributed by atoms with Gasteiger partial charge >= 0.3 is 5.51 Å². The topological polar surface area (TPSA) is 81.2 Å². The first-order chi connectivity index (χ1) is 14.2. The number of nitrogens with zero attached hydrogens (tertiary/aromatic N) is 3. The Morgan fingerprint density at radius 1 is 1.17 bits per heavy atom. The van der Waals surface area contributed by atoms with Crippen molar-refractivity contribution >= 4 is 23.6 Å². The Bertz CT molecular complexity index is 997. The van der Waals surface area contributed by atoms with Gasteiger partial charge in [0.2, 0.25) is 5.95 Å². The quantitative estimate of drug-likeness (QED) is 0.698. The predicted molar refractivity (Wildman–Crippen MR) is 108 cm³/mol. The Morgan fingerprint density at radius 2 is 1.80 bits per heavy atom. The van der Waals surface area contributed by atoms with Crippen LogP contribution in [0.15, 0.2) is 40.0 Å². The Balaban J connectivity index is 1.78. The molecule has 0 spiro atoms. The van der Waals surface area contributed by atoms with Crippen molar-refractivity contribution in [1.29, 1.82) is 0 Å². The fourth-order valence-corrected chi connectivity index (χ4v) is 4.46. The zero-order valence-electron chi connectivity index (χ0n) is 16.1. The Hall–Kier alpha value is -2.49. The van der Waals surface area contributed by atoms with Gasteiger partial charge < -0.3 is 10.6 Å². The van der Waals surface area contributed by atoms with Crippen LogP contribution in [-0.4, -0.2) is 34.1 Å². The van der Waals surface area contributed by atoms with Crippen LogP contribution >= 0.6 is 11.8 Å². The van der Waals surface area contributed by atoms with E-state index in [0.29, 0.717) is 19.0 Å². The molecule has 160 valence electrons. The number of alkyl halides is 3. The lowest BCUT2D eigenvalue weighted by molar-refractivity contribution is -0.0328. The molecule has 1 aliphatic heterocycles. The van der Waals surface area contributed by atoms with Crippen LogP contribution in [0.5, 0.6) is 0 Å². The third kappa shape index (κ3) is 4.48. The van der Waals surface area contributed by atoms with E-state index < -0.39 is 11.4 Å². The molecule has 2 heterocycles. The lowest BCUT2D eigenvalue weighted by atomic mass is 10.0. The van der Waals surface area contributed by atoms with Crippen LogP contribution in [0.3, 0.4) is 0 Å². The van der Waals surface area contributed by atoms with E-state index in [9.17, 15) is 22.8 Å². The normalized spacial score (nSPS) is 17.9. The molecular formula is C20H21F3N4O2S. The van der Waals surface area contributed by atoms with Crippen LogP contribution in [-0.2, 0) is 0 Å². The van der Waals surface area contributed by atoms with E-state index in [1.54, 1.807) is 16.7 Å². The largest absolute Gasteiger partial charge is 0.446 e. The monoisotopic (exact) mass is 438 g/mol. The number of carbonyl (C=O) groups excluding carboxylic acids is 1. The van der Waals surface area contributed by atoms with Gasteiger partial charge in [-0.2, -0.15) is 13.2 Å². The van der Waals surface area contributed by atoms with Crippen molar-refractivity contribution in [2.75, 3.05) is 18.0 Å². The zero-order valence-corrected chi connectivity index (χ0v) is 16.9. The molecular weight excluding hydrogens is 417 g/mol. The van der Waals surface area contributed by atoms with Gasteiger partial charge in [-0.1, -0.05) is 12.1 Å². The first-order valence-corrected chi connectivity index (χ1v) is 10.6. The summed E-state index contributed by atoms with van der Waals surface area (Å²) in [5, 5.41) is 0. The van der Waals surface area contributed by atoms with Crippen LogP contribution < -0.4 is 16.2 Å². The number of carbonyl (C=O) groups is 1. The lowest BCUT2D eigenvalue weighted by Gasteiger charge is -2.28. The maximum atomic E-state index is 13.1. The molecule has 1 atom stereocenters. The summed E-state index contributed by atoms with van der Waals surface area (Å²) in [6.45, 7) is 1.43. The van der Waals surface area contributed by atoms with Gasteiger partial charge in [0.15, 0.2) is 0 Å². The SMILES string of the molecule is NC(=O)c1cc(=O)n([C@@H](c2ccc(SC(F)(F)F)cc2)C2CC2)c(N2CCCC2)n1. The molecule has 2 fully saturated rings. The van der Waals surface area contributed by atoms with E-state index in [4.69, 9.17) is 5.73 Å². The first kappa shape index (κ1) is 20.8. The average molecular weight is 438 g/mol. The third-order valence-corrected chi connectivity index (χ3v) is 6.12. The highest BCUT2D eigenvalue weighted by molar-refractivity contribution is 8.00. The highest BCUT2D eigenvalue weighted by atomic mass is 32.2. The number of rotatable bonds is 6. The number of hydrogen-bond acceptors (Lipinski definition) is 5. The molecule has 1 aromatic carbocycles. The molecule has 6 nitrogen and oxygen atoms in total. The van der Waals surface area contributed by atoms with Gasteiger partial charge in [-0.05, 0) is 61.1 Å². The molecule has 2 N–H and O–H groups in total. The van der Waals surface area contributed by atoms with Crippen LogP contribution in [0.2, 0.25) is 0 Å². The molecule has 2 aromatic rings. The molecule has 10 heteroatoms. The number of amides is 1. The molecule has 1 saturated carbocycles. The molecule has 2 aliphatic rings. The summed E-state index contributed by atoms with van der Waals surface area (Å²) in [6.07, 6.45) is 3.72. The van der Waals surface area contributed by atoms with Crippen molar-refractivity contribution in [3.8, 4) is 0 Å². The minimum absolute atomic E-state index is 0.0791. The summed E-state index contributed by atoms with van der Waals surface area (Å²) in [5.41, 5.74) is 1.30. The highest BCUT2D eigenvalue weighted by Crippen LogP contribution is 2.45. The molecule has 1 aliphatic carbocycles. The minimum atomic E-state index is -4.36. The van der Waals surface area contributed by atoms with E-state index in [1.807, 2.05) is 4.90 Å². The first-order valence-electron chi connectivity index (χ1n) is 9.77. The summed E-state index contributed by atoms with van der Waals surface area (Å²) < 4.78 is 39.5. The summed E-state index contributed by atoms with van der Waals surface area (Å²) in [4.78, 5) is 31.2. The number of nitrogens with two attached hydrogens (primary N) is 1. The molecule has 0 unspecified atom stereocenters. The van der Waals surface area contributed by atoms with Gasteiger partial charge in [-0.15, -0.1) is 0 Å². The second-order valence-corrected chi connectivity index (χ2v) is 8.75. The summed E-state index contributed by atoms with van der Waals surface area (Å²) in [5.74, 6) is -0.179. The van der Waals surface area contributed by atoms with Crippen LogP contribution in [0.1, 0.15) is 47.8 Å². The number of anilines is 1. The molecule has 30 heavy (non-hydrogen) atoms. The number of primary amides is 1. The van der Waals surface area contributed by atoms with Gasteiger partial charge in [0.05, 0.1) is 6.04 Å². The predicted octanol–water partition coefficient (Wildman–Crippen LogP) is 3.55. The van der Waals surface area contributed by atoms with E-state index in [0.717, 1.165) is 37.3 Å². The van der Waals surface area contributed by atoms with Gasteiger partial charge in [-0.3, -0.25) is 14.2 Å². The highest BCUT2D eigenvalue weighted by Gasteiger charge is 2.37. The van der Waals surface area contributed by atoms with E-state index >= 15 is 0 Å². The Morgan fingerprint density at radius 3 is 2.33 bits per heavy atom. The summed E-state index contributed by atoms with van der Waals surface area (Å²) >= 11 is -0.168. The molecule has 1 saturated heterocycles. The van der Waals surface area contributed by atoms with Crippen molar-refractivity contribution in [2.24, 2.45) is 11.7 Å². The maximum Gasteiger partial charge on any atom is 0.446 e. The minimum Gasteiger partial charge on any atom is -0.364 e. The van der Waals surface area contributed by atoms with E-state index in [1.165, 1.54) is 12.1 Å². The van der Waals surface area contributed by atoms with Crippen LogP contribution in [0, 0.1) is 5.92 Å². The molecule has 0 radical (unpaired) electrons. The van der Waals surface area contributed by atoms with E-state index in [2.05, 4.69) is 4.98 Å². The average Bonchev–Trinajstić information content (AvgIpc) is 3.35. The van der Waals surface area contributed by atoms with Gasteiger partial charge in [0, 0.05) is 24.1 Å². The fourth-order valence-electron chi connectivity index (χ4n) is 3.92. The van der Waals surface area contributed by atoms with E-state index in [-0.39, 0.29) is 39.9 Å². The number of halogens is 3. The summed E-state index contributed by atoms with van der Waals surface area (Å²) in [7, 11) is 0. The van der Waals surface area contributed by atoms with Gasteiger partial charge in [0.1, 0.15) is 5.69 Å². The molecule has 4 rings (SSSR count). The van der Waals surface area contributed by atoms with Crippen molar-refractivity contribution in [1.82, 2.24) is 9.55 Å².